The Morgan fingerprint density at radius 1 is 1.27 bits per heavy atom. The summed E-state index contributed by atoms with van der Waals surface area (Å²) in [7, 11) is 0. The van der Waals surface area contributed by atoms with Crippen LogP contribution in [0.4, 0.5) is 0 Å². The zero-order chi connectivity index (χ0) is 18.3. The van der Waals surface area contributed by atoms with Crippen molar-refractivity contribution >= 4 is 5.91 Å². The van der Waals surface area contributed by atoms with Crippen molar-refractivity contribution in [2.24, 2.45) is 11.8 Å². The number of aromatic nitrogens is 1. The van der Waals surface area contributed by atoms with Crippen LogP contribution in [0, 0.1) is 30.1 Å². The van der Waals surface area contributed by atoms with Gasteiger partial charge in [0.1, 0.15) is 11.6 Å². The fourth-order valence-electron chi connectivity index (χ4n) is 4.29. The molecule has 2 aromatic rings. The minimum Gasteiger partial charge on any atom is -0.331 e. The number of hydrogen-bond donors (Lipinski definition) is 2. The molecule has 1 amide bonds. The Morgan fingerprint density at radius 3 is 2.77 bits per heavy atom. The van der Waals surface area contributed by atoms with Crippen LogP contribution in [0.3, 0.4) is 0 Å². The van der Waals surface area contributed by atoms with Crippen LogP contribution in [0.2, 0.25) is 0 Å². The maximum absolute atomic E-state index is 13.3. The average Bonchev–Trinajstić information content (AvgIpc) is 3.23. The minimum absolute atomic E-state index is 0.000522. The Bertz CT molecular complexity index is 945. The van der Waals surface area contributed by atoms with Gasteiger partial charge < -0.3 is 15.2 Å². The molecule has 1 aromatic carbocycles. The van der Waals surface area contributed by atoms with Gasteiger partial charge in [0.15, 0.2) is 0 Å². The molecule has 2 N–H and O–H groups in total. The summed E-state index contributed by atoms with van der Waals surface area (Å²) in [6.45, 7) is 4.18. The third-order valence-corrected chi connectivity index (χ3v) is 5.56. The van der Waals surface area contributed by atoms with Crippen LogP contribution < -0.4 is 10.9 Å². The van der Waals surface area contributed by atoms with Crippen molar-refractivity contribution in [2.45, 2.75) is 13.0 Å². The summed E-state index contributed by atoms with van der Waals surface area (Å²) in [5, 5.41) is 12.6. The molecule has 3 atom stereocenters. The summed E-state index contributed by atoms with van der Waals surface area (Å²) in [5.41, 5.74) is 1.54. The first-order valence-electron chi connectivity index (χ1n) is 8.81. The maximum Gasteiger partial charge on any atom is 0.266 e. The number of pyridine rings is 1. The van der Waals surface area contributed by atoms with Gasteiger partial charge in [0.25, 0.3) is 11.5 Å². The van der Waals surface area contributed by atoms with Crippen molar-refractivity contribution in [1.82, 2.24) is 15.2 Å². The Balaban J connectivity index is 1.75. The number of nitrogens with one attached hydrogen (secondary N) is 2. The topological polar surface area (TPSA) is 89.0 Å². The van der Waals surface area contributed by atoms with Crippen LogP contribution in [0.1, 0.15) is 33.2 Å². The molecule has 2 aliphatic heterocycles. The standard InChI is InChI=1S/C20H20N4O2/c1-12-16(7-14(8-21)19(25)23-12)20(26)24-11-15-9-22-10-17(15)18(24)13-5-3-2-4-6-13/h2-7,15,17-18,22H,9-11H2,1H3,(H,23,25)/t15-,17-,18+/m0/s1. The van der Waals surface area contributed by atoms with Crippen molar-refractivity contribution in [3.05, 3.63) is 69.1 Å². The monoisotopic (exact) mass is 348 g/mol. The van der Waals surface area contributed by atoms with Gasteiger partial charge in [-0.15, -0.1) is 0 Å². The predicted molar refractivity (Wildman–Crippen MR) is 96.6 cm³/mol. The lowest BCUT2D eigenvalue weighted by Crippen LogP contribution is -2.35. The smallest absolute Gasteiger partial charge is 0.266 e. The van der Waals surface area contributed by atoms with Crippen LogP contribution in [-0.4, -0.2) is 35.4 Å². The molecule has 132 valence electrons. The molecule has 0 spiro atoms. The van der Waals surface area contributed by atoms with Gasteiger partial charge in [-0.1, -0.05) is 30.3 Å². The second-order valence-corrected chi connectivity index (χ2v) is 7.06. The molecule has 0 aliphatic carbocycles. The number of amides is 1. The highest BCUT2D eigenvalue weighted by Crippen LogP contribution is 2.43. The third-order valence-electron chi connectivity index (χ3n) is 5.56. The van der Waals surface area contributed by atoms with E-state index in [1.807, 2.05) is 29.2 Å². The van der Waals surface area contributed by atoms with Gasteiger partial charge in [-0.25, -0.2) is 0 Å². The van der Waals surface area contributed by atoms with E-state index in [-0.39, 0.29) is 17.5 Å². The van der Waals surface area contributed by atoms with Crippen molar-refractivity contribution in [3.8, 4) is 6.07 Å². The van der Waals surface area contributed by atoms with Crippen LogP contribution >= 0.6 is 0 Å². The first-order chi connectivity index (χ1) is 12.6. The van der Waals surface area contributed by atoms with Gasteiger partial charge in [-0.2, -0.15) is 5.26 Å². The zero-order valence-electron chi connectivity index (χ0n) is 14.5. The quantitative estimate of drug-likeness (QED) is 0.862. The lowest BCUT2D eigenvalue weighted by Gasteiger charge is -2.29. The number of carbonyl (C=O) groups is 1. The Labute approximate surface area is 151 Å². The summed E-state index contributed by atoms with van der Waals surface area (Å²) >= 11 is 0. The van der Waals surface area contributed by atoms with Gasteiger partial charge in [-0.3, -0.25) is 9.59 Å². The summed E-state index contributed by atoms with van der Waals surface area (Å²) in [6, 6.07) is 13.4. The number of rotatable bonds is 2. The van der Waals surface area contributed by atoms with Gasteiger partial charge in [0.05, 0.1) is 11.6 Å². The van der Waals surface area contributed by atoms with Crippen molar-refractivity contribution in [1.29, 1.82) is 5.26 Å². The molecule has 0 radical (unpaired) electrons. The summed E-state index contributed by atoms with van der Waals surface area (Å²) in [5.74, 6) is 0.668. The molecular formula is C20H20N4O2. The number of likely N-dealkylation sites (tertiary alicyclic amines) is 1. The fraction of sp³-hybridized carbons (Fsp3) is 0.350. The largest absolute Gasteiger partial charge is 0.331 e. The lowest BCUT2D eigenvalue weighted by atomic mass is 9.89. The fourth-order valence-corrected chi connectivity index (χ4v) is 4.29. The molecule has 2 aliphatic rings. The number of aromatic amines is 1. The molecular weight excluding hydrogens is 328 g/mol. The molecule has 0 saturated carbocycles. The molecule has 6 nitrogen and oxygen atoms in total. The number of nitrogens with zero attached hydrogens (tertiary/aromatic N) is 2. The van der Waals surface area contributed by atoms with E-state index in [2.05, 4.69) is 22.4 Å². The first kappa shape index (κ1) is 16.6. The second-order valence-electron chi connectivity index (χ2n) is 7.06. The lowest BCUT2D eigenvalue weighted by molar-refractivity contribution is 0.0712. The number of fused-ring (bicyclic) bond motifs is 1. The number of aryl methyl sites for hydroxylation is 1. The van der Waals surface area contributed by atoms with Crippen molar-refractivity contribution in [3.63, 3.8) is 0 Å². The van der Waals surface area contributed by atoms with E-state index < -0.39 is 5.56 Å². The van der Waals surface area contributed by atoms with E-state index in [1.54, 1.807) is 6.92 Å². The third kappa shape index (κ3) is 2.61. The van der Waals surface area contributed by atoms with E-state index in [0.717, 1.165) is 18.7 Å². The molecule has 0 bridgehead atoms. The van der Waals surface area contributed by atoms with Crippen LogP contribution in [0.15, 0.2) is 41.2 Å². The molecule has 2 fully saturated rings. The van der Waals surface area contributed by atoms with Crippen molar-refractivity contribution in [2.75, 3.05) is 19.6 Å². The molecule has 4 rings (SSSR count). The number of nitriles is 1. The summed E-state index contributed by atoms with van der Waals surface area (Å²) in [6.07, 6.45) is 0. The Hall–Kier alpha value is -2.91. The van der Waals surface area contributed by atoms with Gasteiger partial charge in [-0.05, 0) is 24.5 Å². The summed E-state index contributed by atoms with van der Waals surface area (Å²) < 4.78 is 0. The average molecular weight is 348 g/mol. The van der Waals surface area contributed by atoms with E-state index in [0.29, 0.717) is 29.6 Å². The van der Waals surface area contributed by atoms with Gasteiger partial charge >= 0.3 is 0 Å². The summed E-state index contributed by atoms with van der Waals surface area (Å²) in [4.78, 5) is 29.7. The Kier molecular flexibility index (Phi) is 4.09. The predicted octanol–water partition coefficient (Wildman–Crippen LogP) is 1.59. The maximum atomic E-state index is 13.3. The number of benzene rings is 1. The Morgan fingerprint density at radius 2 is 2.04 bits per heavy atom. The van der Waals surface area contributed by atoms with Gasteiger partial charge in [0, 0.05) is 31.2 Å². The molecule has 26 heavy (non-hydrogen) atoms. The van der Waals surface area contributed by atoms with Crippen LogP contribution in [0.5, 0.6) is 0 Å². The first-order valence-corrected chi connectivity index (χ1v) is 8.81. The number of H-pyrrole nitrogens is 1. The van der Waals surface area contributed by atoms with Gasteiger partial charge in [0.2, 0.25) is 0 Å². The molecule has 3 heterocycles. The molecule has 6 heteroatoms. The highest BCUT2D eigenvalue weighted by Gasteiger charge is 2.47. The molecule has 0 unspecified atom stereocenters. The SMILES string of the molecule is Cc1[nH]c(=O)c(C#N)cc1C(=O)N1C[C@@H]2CNC[C@@H]2[C@H]1c1ccccc1. The van der Waals surface area contributed by atoms with E-state index in [4.69, 9.17) is 5.26 Å². The normalized spacial score (nSPS) is 24.3. The number of carbonyl (C=O) groups excluding carboxylic acids is 1. The van der Waals surface area contributed by atoms with Crippen molar-refractivity contribution < 1.29 is 4.79 Å². The van der Waals surface area contributed by atoms with Crippen LogP contribution in [0.25, 0.3) is 0 Å². The molecule has 2 saturated heterocycles. The van der Waals surface area contributed by atoms with E-state index in [1.165, 1.54) is 6.07 Å². The highest BCUT2D eigenvalue weighted by atomic mass is 16.2. The van der Waals surface area contributed by atoms with E-state index >= 15 is 0 Å². The second kappa shape index (κ2) is 6.43. The van der Waals surface area contributed by atoms with E-state index in [9.17, 15) is 9.59 Å². The molecule has 1 aromatic heterocycles. The highest BCUT2D eigenvalue weighted by molar-refractivity contribution is 5.96. The zero-order valence-corrected chi connectivity index (χ0v) is 14.5. The van der Waals surface area contributed by atoms with Crippen LogP contribution in [-0.2, 0) is 0 Å². The minimum atomic E-state index is -0.455. The number of hydrogen-bond acceptors (Lipinski definition) is 4.